The van der Waals surface area contributed by atoms with Crippen LogP contribution in [0, 0.1) is 5.82 Å². The highest BCUT2D eigenvalue weighted by Crippen LogP contribution is 2.22. The summed E-state index contributed by atoms with van der Waals surface area (Å²) in [5.74, 6) is -0.551. The van der Waals surface area contributed by atoms with Gasteiger partial charge < -0.3 is 4.57 Å². The number of imidazole rings is 1. The minimum atomic E-state index is -0.626. The van der Waals surface area contributed by atoms with Crippen molar-refractivity contribution in [2.45, 2.75) is 26.4 Å². The highest BCUT2D eigenvalue weighted by Gasteiger charge is 2.24. The molecule has 0 saturated heterocycles. The largest absolute Gasteiger partial charge is 0.332 e. The zero-order valence-electron chi connectivity index (χ0n) is 14.4. The van der Waals surface area contributed by atoms with Gasteiger partial charge in [-0.2, -0.15) is 0 Å². The van der Waals surface area contributed by atoms with E-state index in [0.29, 0.717) is 10.3 Å². The third kappa shape index (κ3) is 2.92. The number of benzene rings is 1. The van der Waals surface area contributed by atoms with Gasteiger partial charge in [0, 0.05) is 7.05 Å². The molecule has 0 fully saturated rings. The molecule has 0 N–H and O–H groups in total. The summed E-state index contributed by atoms with van der Waals surface area (Å²) in [7, 11) is 1.51. The summed E-state index contributed by atoms with van der Waals surface area (Å²) in [5, 5.41) is 0. The van der Waals surface area contributed by atoms with E-state index in [1.807, 2.05) is 0 Å². The first-order chi connectivity index (χ1) is 12.2. The van der Waals surface area contributed by atoms with Crippen LogP contribution in [0.25, 0.3) is 11.2 Å². The van der Waals surface area contributed by atoms with Crippen molar-refractivity contribution in [3.8, 4) is 0 Å². The van der Waals surface area contributed by atoms with Crippen molar-refractivity contribution in [1.82, 2.24) is 18.7 Å². The average Bonchev–Trinajstić information content (AvgIpc) is 2.95. The van der Waals surface area contributed by atoms with Gasteiger partial charge in [-0.15, -0.1) is 0 Å². The molecule has 0 saturated carbocycles. The summed E-state index contributed by atoms with van der Waals surface area (Å²) < 4.78 is 17.2. The molecular formula is C17H16BrFN4O3. The predicted octanol–water partition coefficient (Wildman–Crippen LogP) is 2.00. The molecule has 2 heterocycles. The molecule has 0 radical (unpaired) electrons. The zero-order valence-corrected chi connectivity index (χ0v) is 15.9. The topological polar surface area (TPSA) is 78.9 Å². The minimum Gasteiger partial charge on any atom is -0.302 e. The summed E-state index contributed by atoms with van der Waals surface area (Å²) >= 11 is 3.27. The molecule has 7 nitrogen and oxygen atoms in total. The van der Waals surface area contributed by atoms with Gasteiger partial charge in [-0.25, -0.2) is 14.2 Å². The molecule has 0 aliphatic carbocycles. The Morgan fingerprint density at radius 2 is 1.88 bits per heavy atom. The summed E-state index contributed by atoms with van der Waals surface area (Å²) in [6.45, 7) is 3.06. The first-order valence-electron chi connectivity index (χ1n) is 7.84. The smallest absolute Gasteiger partial charge is 0.302 e. The number of carbonyl (C=O) groups excluding carboxylic acids is 1. The molecule has 0 aliphatic rings. The summed E-state index contributed by atoms with van der Waals surface area (Å²) in [6, 6.07) is 4.93. The van der Waals surface area contributed by atoms with Crippen LogP contribution in [0.5, 0.6) is 0 Å². The van der Waals surface area contributed by atoms with Crippen molar-refractivity contribution in [1.29, 1.82) is 0 Å². The van der Waals surface area contributed by atoms with Gasteiger partial charge in [0.1, 0.15) is 5.82 Å². The van der Waals surface area contributed by atoms with E-state index >= 15 is 0 Å². The van der Waals surface area contributed by atoms with Gasteiger partial charge in [0.25, 0.3) is 5.56 Å². The van der Waals surface area contributed by atoms with Crippen LogP contribution in [0.1, 0.15) is 25.5 Å². The van der Waals surface area contributed by atoms with Gasteiger partial charge in [0.05, 0.1) is 12.6 Å². The molecule has 2 aromatic heterocycles. The number of nitrogens with zero attached hydrogens (tertiary/aromatic N) is 4. The number of hydrogen-bond acceptors (Lipinski definition) is 4. The maximum Gasteiger partial charge on any atom is 0.332 e. The summed E-state index contributed by atoms with van der Waals surface area (Å²) in [5.41, 5.74) is -0.146. The van der Waals surface area contributed by atoms with Crippen LogP contribution < -0.4 is 11.2 Å². The molecule has 0 bridgehead atoms. The molecule has 136 valence electrons. The Kier molecular flexibility index (Phi) is 4.66. The Labute approximate surface area is 155 Å². The van der Waals surface area contributed by atoms with Gasteiger partial charge >= 0.3 is 5.69 Å². The first-order valence-corrected chi connectivity index (χ1v) is 8.63. The molecule has 3 rings (SSSR count). The second-order valence-electron chi connectivity index (χ2n) is 6.07. The fourth-order valence-electron chi connectivity index (χ4n) is 2.76. The molecule has 1 aromatic carbocycles. The van der Waals surface area contributed by atoms with Crippen molar-refractivity contribution >= 4 is 32.9 Å². The van der Waals surface area contributed by atoms with E-state index in [9.17, 15) is 18.8 Å². The number of rotatable bonds is 4. The molecular weight excluding hydrogens is 407 g/mol. The lowest BCUT2D eigenvalue weighted by atomic mass is 10.2. The van der Waals surface area contributed by atoms with Gasteiger partial charge in [0.15, 0.2) is 21.7 Å². The predicted molar refractivity (Wildman–Crippen MR) is 97.8 cm³/mol. The van der Waals surface area contributed by atoms with E-state index in [2.05, 4.69) is 20.9 Å². The third-order valence-electron chi connectivity index (χ3n) is 4.36. The van der Waals surface area contributed by atoms with Crippen LogP contribution in [0.3, 0.4) is 0 Å². The van der Waals surface area contributed by atoms with E-state index < -0.39 is 23.1 Å². The molecule has 0 amide bonds. The standard InChI is InChI=1S/C17H16BrFN4O3/c1-9(10(2)24)23-13-14(20-16(23)18)21(3)17(26)22(15(13)25)8-11-4-6-12(19)7-5-11/h4-7,9H,8H2,1-3H3/t9-/m0/s1. The SMILES string of the molecule is CC(=O)[C@H](C)n1c(Br)nc2c1c(=O)n(Cc1ccc(F)cc1)c(=O)n2C. The van der Waals surface area contributed by atoms with E-state index in [0.717, 1.165) is 4.57 Å². The van der Waals surface area contributed by atoms with Crippen LogP contribution >= 0.6 is 15.9 Å². The average molecular weight is 423 g/mol. The number of ketones is 1. The van der Waals surface area contributed by atoms with Crippen LogP contribution in [0.4, 0.5) is 4.39 Å². The first kappa shape index (κ1) is 18.2. The van der Waals surface area contributed by atoms with E-state index in [1.165, 1.54) is 47.4 Å². The Hall–Kier alpha value is -2.55. The quantitative estimate of drug-likeness (QED) is 0.602. The van der Waals surface area contributed by atoms with E-state index in [1.54, 1.807) is 6.92 Å². The number of halogens is 2. The second-order valence-corrected chi connectivity index (χ2v) is 6.78. The van der Waals surface area contributed by atoms with Crippen LogP contribution in [0.2, 0.25) is 0 Å². The molecule has 1 atom stereocenters. The Morgan fingerprint density at radius 1 is 1.27 bits per heavy atom. The van der Waals surface area contributed by atoms with E-state index in [4.69, 9.17) is 0 Å². The minimum absolute atomic E-state index is 0.0149. The van der Waals surface area contributed by atoms with Gasteiger partial charge in [-0.05, 0) is 47.5 Å². The van der Waals surface area contributed by atoms with Crippen LogP contribution in [-0.4, -0.2) is 24.5 Å². The Balaban J connectivity index is 2.29. The normalized spacial score (nSPS) is 12.5. The Bertz CT molecular complexity index is 1130. The van der Waals surface area contributed by atoms with Crippen molar-refractivity contribution in [3.05, 3.63) is 61.2 Å². The fourth-order valence-corrected chi connectivity index (χ4v) is 3.41. The number of aryl methyl sites for hydroxylation is 1. The van der Waals surface area contributed by atoms with Crippen molar-refractivity contribution in [2.75, 3.05) is 0 Å². The fraction of sp³-hybridized carbons (Fsp3) is 0.294. The number of aromatic nitrogens is 4. The van der Waals surface area contributed by atoms with Gasteiger partial charge in [0.2, 0.25) is 0 Å². The zero-order chi connectivity index (χ0) is 19.2. The van der Waals surface area contributed by atoms with Gasteiger partial charge in [-0.3, -0.25) is 18.7 Å². The monoisotopic (exact) mass is 422 g/mol. The lowest BCUT2D eigenvalue weighted by molar-refractivity contribution is -0.119. The number of carbonyl (C=O) groups is 1. The molecule has 0 spiro atoms. The second kappa shape index (κ2) is 6.64. The molecule has 0 unspecified atom stereocenters. The molecule has 26 heavy (non-hydrogen) atoms. The van der Waals surface area contributed by atoms with Crippen LogP contribution in [-0.2, 0) is 18.4 Å². The maximum absolute atomic E-state index is 13.1. The maximum atomic E-state index is 13.1. The highest BCUT2D eigenvalue weighted by molar-refractivity contribution is 9.10. The third-order valence-corrected chi connectivity index (χ3v) is 4.92. The molecule has 0 aliphatic heterocycles. The van der Waals surface area contributed by atoms with Crippen molar-refractivity contribution < 1.29 is 9.18 Å². The number of Topliss-reactive ketones (excluding diaryl/α,β-unsaturated/α-hetero) is 1. The highest BCUT2D eigenvalue weighted by atomic mass is 79.9. The van der Waals surface area contributed by atoms with Gasteiger partial charge in [-0.1, -0.05) is 12.1 Å². The lowest BCUT2D eigenvalue weighted by Gasteiger charge is -2.13. The summed E-state index contributed by atoms with van der Waals surface area (Å²) in [4.78, 5) is 41.7. The van der Waals surface area contributed by atoms with Crippen molar-refractivity contribution in [3.63, 3.8) is 0 Å². The van der Waals surface area contributed by atoms with E-state index in [-0.39, 0.29) is 23.5 Å². The lowest BCUT2D eigenvalue weighted by Crippen LogP contribution is -2.40. The number of hydrogen-bond donors (Lipinski definition) is 0. The summed E-state index contributed by atoms with van der Waals surface area (Å²) in [6.07, 6.45) is 0. The van der Waals surface area contributed by atoms with Crippen LogP contribution in [0.15, 0.2) is 38.6 Å². The Morgan fingerprint density at radius 3 is 2.46 bits per heavy atom. The van der Waals surface area contributed by atoms with Crippen molar-refractivity contribution in [2.24, 2.45) is 7.05 Å². The molecule has 9 heteroatoms. The molecule has 3 aromatic rings. The number of fused-ring (bicyclic) bond motifs is 1.